The summed E-state index contributed by atoms with van der Waals surface area (Å²) in [6.07, 6.45) is 7.69. The van der Waals surface area contributed by atoms with E-state index in [1.165, 1.54) is 12.1 Å². The van der Waals surface area contributed by atoms with Crippen LogP contribution in [0.5, 0.6) is 11.5 Å². The standard InChI is InChI=1S/C42H56F2N2O5/c1-6-10-24-49-38(50-25-11-7-2)26-30-20-22-45(23-21-30)36-28-37(48-5)32(27-34(36)44)40-42(8-3,9-4)41(47)46(40)35-19-15-18-33(43)39(35)51-29-31-16-13-12-14-17-31/h12-19,27-28,30,38,40H,6-11,20-26,29H2,1-5H3/t40-/m0/s1. The molecule has 0 bridgehead atoms. The number of nitrogens with zero attached hydrogens (tertiary/aromatic N) is 2. The van der Waals surface area contributed by atoms with Gasteiger partial charge in [-0.2, -0.15) is 0 Å². The van der Waals surface area contributed by atoms with Gasteiger partial charge in [-0.25, -0.2) is 8.78 Å². The zero-order valence-corrected chi connectivity index (χ0v) is 31.1. The van der Waals surface area contributed by atoms with Crippen molar-refractivity contribution < 1.29 is 32.5 Å². The Labute approximate surface area is 303 Å². The van der Waals surface area contributed by atoms with E-state index in [1.54, 1.807) is 30.2 Å². The quantitative estimate of drug-likeness (QED) is 0.0703. The second kappa shape index (κ2) is 18.2. The molecule has 0 aromatic heterocycles. The zero-order chi connectivity index (χ0) is 36.4. The van der Waals surface area contributed by atoms with Gasteiger partial charge in [-0.15, -0.1) is 0 Å². The molecule has 278 valence electrons. The first kappa shape index (κ1) is 38.5. The van der Waals surface area contributed by atoms with Crippen LogP contribution < -0.4 is 19.3 Å². The first-order chi connectivity index (χ1) is 24.8. The lowest BCUT2D eigenvalue weighted by Gasteiger charge is -2.56. The molecule has 0 saturated carbocycles. The summed E-state index contributed by atoms with van der Waals surface area (Å²) in [6.45, 7) is 11.2. The number of unbranched alkanes of at least 4 members (excludes halogenated alkanes) is 2. The number of carbonyl (C=O) groups excluding carboxylic acids is 1. The fraction of sp³-hybridized carbons (Fsp3) is 0.548. The fourth-order valence-electron chi connectivity index (χ4n) is 7.61. The molecule has 0 aliphatic carbocycles. The molecule has 0 radical (unpaired) electrons. The largest absolute Gasteiger partial charge is 0.496 e. The van der Waals surface area contributed by atoms with Gasteiger partial charge in [0.05, 0.1) is 29.9 Å². The number of hydrogen-bond acceptors (Lipinski definition) is 6. The average molecular weight is 707 g/mol. The number of benzene rings is 3. The monoisotopic (exact) mass is 706 g/mol. The van der Waals surface area contributed by atoms with Crippen LogP contribution >= 0.6 is 0 Å². The van der Waals surface area contributed by atoms with Gasteiger partial charge in [-0.3, -0.25) is 9.69 Å². The molecule has 2 heterocycles. The first-order valence-electron chi connectivity index (χ1n) is 19.0. The lowest BCUT2D eigenvalue weighted by Crippen LogP contribution is -2.63. The third-order valence-electron chi connectivity index (χ3n) is 10.8. The molecule has 0 N–H and O–H groups in total. The van der Waals surface area contributed by atoms with Crippen LogP contribution in [0.3, 0.4) is 0 Å². The van der Waals surface area contributed by atoms with Crippen molar-refractivity contribution >= 4 is 17.3 Å². The second-order valence-electron chi connectivity index (χ2n) is 13.9. The summed E-state index contributed by atoms with van der Waals surface area (Å²) in [5.41, 5.74) is 1.43. The number of ether oxygens (including phenoxy) is 4. The highest BCUT2D eigenvalue weighted by molar-refractivity contribution is 6.07. The molecule has 2 aliphatic rings. The molecule has 2 fully saturated rings. The minimum Gasteiger partial charge on any atom is -0.496 e. The van der Waals surface area contributed by atoms with Crippen LogP contribution in [-0.2, 0) is 20.9 Å². The van der Waals surface area contributed by atoms with Crippen LogP contribution in [0.15, 0.2) is 60.7 Å². The Bertz CT molecular complexity index is 1550. The number of rotatable bonds is 19. The molecule has 7 nitrogen and oxygen atoms in total. The van der Waals surface area contributed by atoms with Gasteiger partial charge >= 0.3 is 0 Å². The molecule has 1 atom stereocenters. The number of piperidine rings is 1. The molecular formula is C42H56F2N2O5. The summed E-state index contributed by atoms with van der Waals surface area (Å²) in [5, 5.41) is 0. The lowest BCUT2D eigenvalue weighted by molar-refractivity contribution is -0.154. The van der Waals surface area contributed by atoms with Gasteiger partial charge in [0.15, 0.2) is 17.9 Å². The average Bonchev–Trinajstić information content (AvgIpc) is 3.15. The fourth-order valence-corrected chi connectivity index (χ4v) is 7.61. The Hall–Kier alpha value is -3.69. The molecule has 9 heteroatoms. The number of amides is 1. The van der Waals surface area contributed by atoms with Gasteiger partial charge in [0, 0.05) is 44.4 Å². The molecule has 0 spiro atoms. The smallest absolute Gasteiger partial charge is 0.236 e. The van der Waals surface area contributed by atoms with Crippen molar-refractivity contribution in [2.45, 2.75) is 104 Å². The number of anilines is 2. The van der Waals surface area contributed by atoms with E-state index in [0.717, 1.165) is 50.5 Å². The Morgan fingerprint density at radius 2 is 1.51 bits per heavy atom. The van der Waals surface area contributed by atoms with Crippen molar-refractivity contribution in [2.75, 3.05) is 43.2 Å². The van der Waals surface area contributed by atoms with Crippen LogP contribution in [0.4, 0.5) is 20.2 Å². The van der Waals surface area contributed by atoms with Crippen LogP contribution in [0, 0.1) is 23.0 Å². The van der Waals surface area contributed by atoms with E-state index in [-0.39, 0.29) is 30.4 Å². The minimum absolute atomic E-state index is 0.00629. The van der Waals surface area contributed by atoms with E-state index < -0.39 is 17.3 Å². The number of methoxy groups -OCH3 is 1. The molecular weight excluding hydrogens is 650 g/mol. The molecule has 1 amide bonds. The predicted molar refractivity (Wildman–Crippen MR) is 198 cm³/mol. The second-order valence-corrected chi connectivity index (χ2v) is 13.9. The number of hydrogen-bond donors (Lipinski definition) is 0. The highest BCUT2D eigenvalue weighted by atomic mass is 19.1. The summed E-state index contributed by atoms with van der Waals surface area (Å²) < 4.78 is 56.0. The summed E-state index contributed by atoms with van der Waals surface area (Å²) in [4.78, 5) is 17.8. The van der Waals surface area contributed by atoms with Gasteiger partial charge in [-0.05, 0) is 68.2 Å². The Balaban J connectivity index is 1.38. The first-order valence-corrected chi connectivity index (χ1v) is 19.0. The highest BCUT2D eigenvalue weighted by Crippen LogP contribution is 2.59. The SMILES string of the molecule is CCCCOC(CC1CCN(c2cc(OC)c([C@@H]3N(c4cccc(F)c4OCc4ccccc4)C(=O)C3(CC)CC)cc2F)CC1)OCCCC. The zero-order valence-electron chi connectivity index (χ0n) is 31.1. The highest BCUT2D eigenvalue weighted by Gasteiger charge is 2.61. The maximum atomic E-state index is 16.3. The summed E-state index contributed by atoms with van der Waals surface area (Å²) in [7, 11) is 1.57. The third kappa shape index (κ3) is 8.52. The Morgan fingerprint density at radius 3 is 2.12 bits per heavy atom. The van der Waals surface area contributed by atoms with E-state index in [9.17, 15) is 4.79 Å². The number of β-lactam (4-membered cyclic amide) rings is 1. The van der Waals surface area contributed by atoms with E-state index in [4.69, 9.17) is 18.9 Å². The molecule has 2 aliphatic heterocycles. The molecule has 2 saturated heterocycles. The van der Waals surface area contributed by atoms with Gasteiger partial charge < -0.3 is 23.8 Å². The number of carbonyl (C=O) groups is 1. The van der Waals surface area contributed by atoms with Crippen molar-refractivity contribution in [3.63, 3.8) is 0 Å². The summed E-state index contributed by atoms with van der Waals surface area (Å²) >= 11 is 0. The maximum absolute atomic E-state index is 16.3. The van der Waals surface area contributed by atoms with Crippen molar-refractivity contribution in [1.29, 1.82) is 0 Å². The van der Waals surface area contributed by atoms with Gasteiger partial charge in [0.2, 0.25) is 5.91 Å². The summed E-state index contributed by atoms with van der Waals surface area (Å²) in [5.74, 6) is -0.159. The third-order valence-corrected chi connectivity index (χ3v) is 10.8. The van der Waals surface area contributed by atoms with E-state index in [1.807, 2.05) is 44.2 Å². The minimum atomic E-state index is -0.808. The molecule has 51 heavy (non-hydrogen) atoms. The van der Waals surface area contributed by atoms with E-state index >= 15 is 8.78 Å². The van der Waals surface area contributed by atoms with Gasteiger partial charge in [0.1, 0.15) is 18.2 Å². The topological polar surface area (TPSA) is 60.5 Å². The normalized spacial score (nSPS) is 17.6. The van der Waals surface area contributed by atoms with Crippen molar-refractivity contribution in [3.8, 4) is 11.5 Å². The lowest BCUT2D eigenvalue weighted by atomic mass is 9.64. The maximum Gasteiger partial charge on any atom is 0.236 e. The number of para-hydroxylation sites is 1. The van der Waals surface area contributed by atoms with Crippen LogP contribution in [0.25, 0.3) is 0 Å². The predicted octanol–water partition coefficient (Wildman–Crippen LogP) is 10.0. The molecule has 3 aromatic rings. The summed E-state index contributed by atoms with van der Waals surface area (Å²) in [6, 6.07) is 16.8. The van der Waals surface area contributed by atoms with Crippen LogP contribution in [0.1, 0.15) is 103 Å². The van der Waals surface area contributed by atoms with Gasteiger partial charge in [-0.1, -0.05) is 76.9 Å². The van der Waals surface area contributed by atoms with Crippen molar-refractivity contribution in [3.05, 3.63) is 83.4 Å². The molecule has 3 aromatic carbocycles. The Kier molecular flexibility index (Phi) is 13.7. The molecule has 0 unspecified atom stereocenters. The van der Waals surface area contributed by atoms with E-state index in [2.05, 4.69) is 18.7 Å². The van der Waals surface area contributed by atoms with E-state index in [0.29, 0.717) is 67.8 Å². The Morgan fingerprint density at radius 1 is 0.843 bits per heavy atom. The van der Waals surface area contributed by atoms with Crippen molar-refractivity contribution in [2.24, 2.45) is 11.3 Å². The number of halogens is 2. The van der Waals surface area contributed by atoms with Gasteiger partial charge in [0.25, 0.3) is 0 Å². The van der Waals surface area contributed by atoms with Crippen molar-refractivity contribution in [1.82, 2.24) is 0 Å². The molecule has 5 rings (SSSR count). The van der Waals surface area contributed by atoms with Crippen LogP contribution in [-0.4, -0.2) is 45.6 Å². The van der Waals surface area contributed by atoms with Crippen LogP contribution in [0.2, 0.25) is 0 Å².